The molecule has 176 valence electrons. The number of benzene rings is 3. The number of carbonyl (C=O) groups is 1. The zero-order chi connectivity index (χ0) is 24.7. The maximum absolute atomic E-state index is 14.1. The predicted octanol–water partition coefficient (Wildman–Crippen LogP) is 5.39. The maximum Gasteiger partial charge on any atom is 0.573 e. The molecule has 1 aromatic heterocycles. The molecule has 0 aliphatic carbocycles. The van der Waals surface area contributed by atoms with Crippen LogP contribution in [-0.2, 0) is 16.4 Å². The quantitative estimate of drug-likeness (QED) is 0.256. The number of rotatable bonds is 6. The zero-order valence-electron chi connectivity index (χ0n) is 16.9. The monoisotopic (exact) mass is 512 g/mol. The van der Waals surface area contributed by atoms with Crippen molar-refractivity contribution in [3.8, 4) is 5.75 Å². The van der Waals surface area contributed by atoms with Crippen LogP contribution in [0.5, 0.6) is 5.75 Å². The number of halogens is 5. The third-order valence-corrected chi connectivity index (χ3v) is 6.68. The first-order valence-electron chi connectivity index (χ1n) is 9.51. The number of ether oxygens (including phenoxy) is 1. The van der Waals surface area contributed by atoms with Crippen LogP contribution in [0.1, 0.15) is 15.9 Å². The van der Waals surface area contributed by atoms with Crippen molar-refractivity contribution in [2.24, 2.45) is 0 Å². The lowest BCUT2D eigenvalue weighted by Crippen LogP contribution is -2.18. The van der Waals surface area contributed by atoms with E-state index in [1.54, 1.807) is 6.07 Å². The van der Waals surface area contributed by atoms with E-state index >= 15 is 0 Å². The number of hydrogen-bond acceptors (Lipinski definition) is 5. The Labute approximate surface area is 195 Å². The maximum atomic E-state index is 14.1. The van der Waals surface area contributed by atoms with Gasteiger partial charge < -0.3 is 4.74 Å². The molecule has 0 amide bonds. The molecule has 0 aliphatic rings. The smallest absolute Gasteiger partial charge is 0.406 e. The molecule has 0 unspecified atom stereocenters. The first-order chi connectivity index (χ1) is 16.0. The minimum atomic E-state index is -5.00. The Balaban J connectivity index is 1.70. The van der Waals surface area contributed by atoms with Gasteiger partial charge in [0.2, 0.25) is 0 Å². The van der Waals surface area contributed by atoms with E-state index in [0.29, 0.717) is 15.0 Å². The molecule has 4 aromatic rings. The summed E-state index contributed by atoms with van der Waals surface area (Å²) in [4.78, 5) is 12.1. The normalized spacial score (nSPS) is 12.1. The van der Waals surface area contributed by atoms with Gasteiger partial charge >= 0.3 is 6.36 Å². The molecule has 34 heavy (non-hydrogen) atoms. The molecule has 0 aliphatic heterocycles. The highest BCUT2D eigenvalue weighted by atomic mass is 35.5. The number of carbonyl (C=O) groups excluding carboxylic acids is 1. The molecule has 0 saturated heterocycles. The van der Waals surface area contributed by atoms with Gasteiger partial charge in [-0.2, -0.15) is 17.6 Å². The fourth-order valence-corrected chi connectivity index (χ4v) is 4.88. The van der Waals surface area contributed by atoms with Gasteiger partial charge in [-0.1, -0.05) is 35.9 Å². The molecule has 0 N–H and O–H groups in total. The van der Waals surface area contributed by atoms with E-state index in [-0.39, 0.29) is 22.5 Å². The highest BCUT2D eigenvalue weighted by Gasteiger charge is 2.32. The minimum absolute atomic E-state index is 0.0559. The van der Waals surface area contributed by atoms with Crippen molar-refractivity contribution in [1.82, 2.24) is 9.19 Å². The molecular formula is C22H13ClF4N2O4S. The van der Waals surface area contributed by atoms with Crippen LogP contribution in [0.2, 0.25) is 5.02 Å². The summed E-state index contributed by atoms with van der Waals surface area (Å²) in [7, 11) is -4.42. The number of hydrogen-bond donors (Lipinski definition) is 0. The minimum Gasteiger partial charge on any atom is -0.406 e. The first kappa shape index (κ1) is 23.7. The van der Waals surface area contributed by atoms with Gasteiger partial charge in [0.25, 0.3) is 10.0 Å². The molecule has 0 atom stereocenters. The lowest BCUT2D eigenvalue weighted by Gasteiger charge is -2.11. The summed E-state index contributed by atoms with van der Waals surface area (Å²) in [5.41, 5.74) is 0.141. The van der Waals surface area contributed by atoms with Gasteiger partial charge in [-0.3, -0.25) is 4.79 Å². The highest BCUT2D eigenvalue weighted by molar-refractivity contribution is 7.90. The topological polar surface area (TPSA) is 78.3 Å². The molecule has 12 heteroatoms. The second-order valence-corrected chi connectivity index (χ2v) is 9.28. The van der Waals surface area contributed by atoms with Crippen LogP contribution >= 0.6 is 11.6 Å². The Morgan fingerprint density at radius 2 is 1.79 bits per heavy atom. The SMILES string of the molecule is O=C(Cc1ccc2cnn(S(=O)(=O)c3cccc(OC(F)(F)F)c3)c2c1)c1c(F)cccc1Cl. The third-order valence-electron chi connectivity index (χ3n) is 4.77. The Bertz CT molecular complexity index is 1500. The molecule has 1 heterocycles. The highest BCUT2D eigenvalue weighted by Crippen LogP contribution is 2.28. The number of fused-ring (bicyclic) bond motifs is 1. The lowest BCUT2D eigenvalue weighted by atomic mass is 10.0. The van der Waals surface area contributed by atoms with E-state index < -0.39 is 38.6 Å². The van der Waals surface area contributed by atoms with Crippen LogP contribution in [0.25, 0.3) is 10.9 Å². The number of alkyl halides is 3. The zero-order valence-corrected chi connectivity index (χ0v) is 18.5. The van der Waals surface area contributed by atoms with Crippen molar-refractivity contribution in [3.05, 3.63) is 88.8 Å². The van der Waals surface area contributed by atoms with E-state index in [4.69, 9.17) is 11.6 Å². The summed E-state index contributed by atoms with van der Waals surface area (Å²) in [5, 5.41) is 4.19. The fourth-order valence-electron chi connectivity index (χ4n) is 3.31. The summed E-state index contributed by atoms with van der Waals surface area (Å²) in [5.74, 6) is -2.11. The van der Waals surface area contributed by atoms with Crippen molar-refractivity contribution in [2.75, 3.05) is 0 Å². The summed E-state index contributed by atoms with van der Waals surface area (Å²) in [6.07, 6.45) is -4.03. The van der Waals surface area contributed by atoms with Gasteiger partial charge in [0, 0.05) is 17.9 Å². The van der Waals surface area contributed by atoms with Gasteiger partial charge in [-0.15, -0.1) is 13.2 Å². The average molecular weight is 513 g/mol. The van der Waals surface area contributed by atoms with E-state index in [2.05, 4.69) is 9.84 Å². The molecule has 4 rings (SSSR count). The van der Waals surface area contributed by atoms with E-state index in [9.17, 15) is 30.8 Å². The van der Waals surface area contributed by atoms with Gasteiger partial charge in [0.15, 0.2) is 5.78 Å². The van der Waals surface area contributed by atoms with Crippen LogP contribution in [0.3, 0.4) is 0 Å². The summed E-state index contributed by atoms with van der Waals surface area (Å²) in [6, 6.07) is 12.2. The van der Waals surface area contributed by atoms with Crippen LogP contribution in [0.4, 0.5) is 17.6 Å². The molecule has 0 radical (unpaired) electrons. The summed E-state index contributed by atoms with van der Waals surface area (Å²) >= 11 is 5.94. The number of ketones is 1. The van der Waals surface area contributed by atoms with Crippen molar-refractivity contribution in [3.63, 3.8) is 0 Å². The van der Waals surface area contributed by atoms with E-state index in [0.717, 1.165) is 30.3 Å². The molecule has 0 fully saturated rings. The molecule has 6 nitrogen and oxygen atoms in total. The van der Waals surface area contributed by atoms with Crippen LogP contribution in [0, 0.1) is 5.82 Å². The van der Waals surface area contributed by atoms with E-state index in [1.165, 1.54) is 30.5 Å². The van der Waals surface area contributed by atoms with Gasteiger partial charge in [-0.05, 0) is 35.9 Å². The number of nitrogens with zero attached hydrogens (tertiary/aromatic N) is 2. The van der Waals surface area contributed by atoms with Gasteiger partial charge in [0.1, 0.15) is 11.6 Å². The Hall–Kier alpha value is -3.44. The molecular weight excluding hydrogens is 500 g/mol. The third kappa shape index (κ3) is 4.75. The summed E-state index contributed by atoms with van der Waals surface area (Å²) < 4.78 is 82.3. The Morgan fingerprint density at radius 3 is 2.50 bits per heavy atom. The molecule has 3 aromatic carbocycles. The van der Waals surface area contributed by atoms with Gasteiger partial charge in [-0.25, -0.2) is 4.39 Å². The largest absolute Gasteiger partial charge is 0.573 e. The standard InChI is InChI=1S/C22H13ClF4N2O4S/c23-17-5-2-6-18(24)21(17)20(30)10-13-7-8-14-12-28-29(19(14)9-13)34(31,32)16-4-1-3-15(11-16)33-22(25,26)27/h1-9,11-12H,10H2. The van der Waals surface area contributed by atoms with Crippen molar-refractivity contribution < 1.29 is 35.5 Å². The molecule has 0 bridgehead atoms. The Morgan fingerprint density at radius 1 is 1.06 bits per heavy atom. The second-order valence-electron chi connectivity index (χ2n) is 7.11. The van der Waals surface area contributed by atoms with Crippen molar-refractivity contribution in [2.45, 2.75) is 17.7 Å². The van der Waals surface area contributed by atoms with Crippen molar-refractivity contribution >= 4 is 38.3 Å². The van der Waals surface area contributed by atoms with E-state index in [1.807, 2.05) is 0 Å². The lowest BCUT2D eigenvalue weighted by molar-refractivity contribution is -0.274. The second kappa shape index (κ2) is 8.73. The number of aromatic nitrogens is 2. The summed E-state index contributed by atoms with van der Waals surface area (Å²) in [6.45, 7) is 0. The average Bonchev–Trinajstić information content (AvgIpc) is 3.16. The van der Waals surface area contributed by atoms with Crippen LogP contribution < -0.4 is 4.74 Å². The van der Waals surface area contributed by atoms with Gasteiger partial charge in [0.05, 0.1) is 27.2 Å². The first-order valence-corrected chi connectivity index (χ1v) is 11.3. The predicted molar refractivity (Wildman–Crippen MR) is 115 cm³/mol. The number of Topliss-reactive ketones (excluding diaryl/α,β-unsaturated/α-hetero) is 1. The van der Waals surface area contributed by atoms with Crippen LogP contribution in [-0.4, -0.2) is 29.7 Å². The Kier molecular flexibility index (Phi) is 6.09. The van der Waals surface area contributed by atoms with Crippen molar-refractivity contribution in [1.29, 1.82) is 0 Å². The van der Waals surface area contributed by atoms with Crippen LogP contribution in [0.15, 0.2) is 71.8 Å². The molecule has 0 saturated carbocycles. The fraction of sp³-hybridized carbons (Fsp3) is 0.0909. The molecule has 0 spiro atoms.